The largest absolute Gasteiger partial charge is 0.497 e. The molecule has 2 aromatic rings. The van der Waals surface area contributed by atoms with Crippen LogP contribution in [0.4, 0.5) is 0 Å². The van der Waals surface area contributed by atoms with Crippen LogP contribution in [0.25, 0.3) is 0 Å². The Bertz CT molecular complexity index is 711. The van der Waals surface area contributed by atoms with Crippen LogP contribution in [0.1, 0.15) is 51.4 Å². The molecular formula is C26H38O6. The van der Waals surface area contributed by atoms with Gasteiger partial charge in [-0.15, -0.1) is 0 Å². The van der Waals surface area contributed by atoms with Gasteiger partial charge < -0.3 is 28.4 Å². The van der Waals surface area contributed by atoms with Gasteiger partial charge in [-0.05, 0) is 37.1 Å². The average molecular weight is 447 g/mol. The number of hydrogen-bond donors (Lipinski definition) is 0. The summed E-state index contributed by atoms with van der Waals surface area (Å²) in [6, 6.07) is 11.2. The Morgan fingerprint density at radius 3 is 1.16 bits per heavy atom. The first-order valence-corrected chi connectivity index (χ1v) is 11.4. The van der Waals surface area contributed by atoms with Crippen molar-refractivity contribution in [2.75, 3.05) is 41.7 Å². The second-order valence-corrected chi connectivity index (χ2v) is 7.56. The lowest BCUT2D eigenvalue weighted by atomic mass is 10.1. The third-order valence-electron chi connectivity index (χ3n) is 5.30. The molecule has 6 heteroatoms. The number of hydrogen-bond acceptors (Lipinski definition) is 6. The highest BCUT2D eigenvalue weighted by Gasteiger charge is 2.07. The third-order valence-corrected chi connectivity index (χ3v) is 5.30. The van der Waals surface area contributed by atoms with Gasteiger partial charge in [0.15, 0.2) is 23.0 Å². The predicted octanol–water partition coefficient (Wildman–Crippen LogP) is 6.30. The molecule has 2 aromatic carbocycles. The molecule has 0 atom stereocenters. The van der Waals surface area contributed by atoms with Gasteiger partial charge in [-0.1, -0.05) is 38.5 Å². The lowest BCUT2D eigenvalue weighted by Crippen LogP contribution is -2.00. The lowest BCUT2D eigenvalue weighted by molar-refractivity contribution is 0.280. The Labute approximate surface area is 192 Å². The van der Waals surface area contributed by atoms with E-state index in [4.69, 9.17) is 28.4 Å². The van der Waals surface area contributed by atoms with Crippen LogP contribution < -0.4 is 28.4 Å². The molecule has 0 radical (unpaired) electrons. The zero-order chi connectivity index (χ0) is 23.0. The van der Waals surface area contributed by atoms with E-state index in [1.807, 2.05) is 36.4 Å². The normalized spacial score (nSPS) is 10.5. The molecule has 0 saturated carbocycles. The zero-order valence-electron chi connectivity index (χ0n) is 20.0. The maximum absolute atomic E-state index is 5.87. The Morgan fingerprint density at radius 1 is 0.438 bits per heavy atom. The van der Waals surface area contributed by atoms with Crippen molar-refractivity contribution >= 4 is 0 Å². The second kappa shape index (κ2) is 15.1. The summed E-state index contributed by atoms with van der Waals surface area (Å²) in [7, 11) is 6.60. The van der Waals surface area contributed by atoms with E-state index < -0.39 is 0 Å². The standard InChI is InChI=1S/C26H38O6/c1-27-21-13-15-23(29-3)25(19-21)31-17-11-9-7-5-6-8-10-12-18-32-26-20-22(28-2)14-16-24(26)30-4/h13-16,19-20H,5-12,17-18H2,1-4H3. The highest BCUT2D eigenvalue weighted by atomic mass is 16.5. The van der Waals surface area contributed by atoms with Crippen LogP contribution in [0.15, 0.2) is 36.4 Å². The molecule has 0 amide bonds. The summed E-state index contributed by atoms with van der Waals surface area (Å²) >= 11 is 0. The van der Waals surface area contributed by atoms with Crippen molar-refractivity contribution in [1.82, 2.24) is 0 Å². The summed E-state index contributed by atoms with van der Waals surface area (Å²) in [6.45, 7) is 1.38. The molecule has 2 rings (SSSR count). The van der Waals surface area contributed by atoms with Gasteiger partial charge in [0.1, 0.15) is 11.5 Å². The zero-order valence-corrected chi connectivity index (χ0v) is 20.0. The number of benzene rings is 2. The molecule has 0 aromatic heterocycles. The molecule has 0 bridgehead atoms. The first-order chi connectivity index (χ1) is 15.7. The lowest BCUT2D eigenvalue weighted by Gasteiger charge is -2.12. The van der Waals surface area contributed by atoms with Gasteiger partial charge in [0, 0.05) is 12.1 Å². The minimum atomic E-state index is 0.689. The van der Waals surface area contributed by atoms with Gasteiger partial charge in [-0.25, -0.2) is 0 Å². The van der Waals surface area contributed by atoms with E-state index >= 15 is 0 Å². The van der Waals surface area contributed by atoms with E-state index in [0.29, 0.717) is 13.2 Å². The second-order valence-electron chi connectivity index (χ2n) is 7.56. The fourth-order valence-electron chi connectivity index (χ4n) is 3.42. The molecule has 32 heavy (non-hydrogen) atoms. The van der Waals surface area contributed by atoms with Crippen molar-refractivity contribution in [3.63, 3.8) is 0 Å². The van der Waals surface area contributed by atoms with Crippen molar-refractivity contribution in [2.24, 2.45) is 0 Å². The van der Waals surface area contributed by atoms with Crippen LogP contribution in [0.3, 0.4) is 0 Å². The molecule has 0 aliphatic heterocycles. The Balaban J connectivity index is 1.49. The van der Waals surface area contributed by atoms with E-state index in [-0.39, 0.29) is 0 Å². The Morgan fingerprint density at radius 2 is 0.812 bits per heavy atom. The quantitative estimate of drug-likeness (QED) is 0.266. The van der Waals surface area contributed by atoms with Gasteiger partial charge in [0.2, 0.25) is 0 Å². The SMILES string of the molecule is COc1ccc(OC)c(OCCCCCCCCCCOc2cc(OC)ccc2OC)c1. The molecule has 0 spiro atoms. The van der Waals surface area contributed by atoms with Crippen molar-refractivity contribution in [3.05, 3.63) is 36.4 Å². The summed E-state index contributed by atoms with van der Waals surface area (Å²) in [6.07, 6.45) is 9.40. The van der Waals surface area contributed by atoms with E-state index in [1.165, 1.54) is 38.5 Å². The smallest absolute Gasteiger partial charge is 0.164 e. The monoisotopic (exact) mass is 446 g/mol. The van der Waals surface area contributed by atoms with Gasteiger partial charge in [0.25, 0.3) is 0 Å². The molecule has 0 aliphatic rings. The fraction of sp³-hybridized carbons (Fsp3) is 0.538. The van der Waals surface area contributed by atoms with Crippen molar-refractivity contribution in [1.29, 1.82) is 0 Å². The van der Waals surface area contributed by atoms with E-state index in [0.717, 1.165) is 47.3 Å². The molecule has 0 unspecified atom stereocenters. The average Bonchev–Trinajstić information content (AvgIpc) is 2.84. The summed E-state index contributed by atoms with van der Waals surface area (Å²) in [5.41, 5.74) is 0. The number of rotatable bonds is 17. The Kier molecular flexibility index (Phi) is 12.0. The predicted molar refractivity (Wildman–Crippen MR) is 127 cm³/mol. The van der Waals surface area contributed by atoms with Gasteiger partial charge in [0.05, 0.1) is 41.7 Å². The van der Waals surface area contributed by atoms with E-state index in [2.05, 4.69) is 0 Å². The number of ether oxygens (including phenoxy) is 6. The highest BCUT2D eigenvalue weighted by molar-refractivity contribution is 5.46. The van der Waals surface area contributed by atoms with Gasteiger partial charge in [-0.3, -0.25) is 0 Å². The van der Waals surface area contributed by atoms with Crippen molar-refractivity contribution in [3.8, 4) is 34.5 Å². The van der Waals surface area contributed by atoms with Crippen molar-refractivity contribution in [2.45, 2.75) is 51.4 Å². The molecule has 0 N–H and O–H groups in total. The van der Waals surface area contributed by atoms with E-state index in [1.54, 1.807) is 28.4 Å². The Hall–Kier alpha value is -2.76. The van der Waals surface area contributed by atoms with Crippen LogP contribution in [-0.4, -0.2) is 41.7 Å². The van der Waals surface area contributed by atoms with Crippen LogP contribution in [0.5, 0.6) is 34.5 Å². The summed E-state index contributed by atoms with van der Waals surface area (Å²) < 4.78 is 32.9. The summed E-state index contributed by atoms with van der Waals surface area (Å²) in [4.78, 5) is 0. The minimum Gasteiger partial charge on any atom is -0.497 e. The summed E-state index contributed by atoms with van der Waals surface area (Å²) in [5.74, 6) is 4.49. The molecule has 0 heterocycles. The summed E-state index contributed by atoms with van der Waals surface area (Å²) in [5, 5.41) is 0. The highest BCUT2D eigenvalue weighted by Crippen LogP contribution is 2.32. The van der Waals surface area contributed by atoms with Crippen molar-refractivity contribution < 1.29 is 28.4 Å². The number of unbranched alkanes of at least 4 members (excludes halogenated alkanes) is 7. The third kappa shape index (κ3) is 8.77. The van der Waals surface area contributed by atoms with E-state index in [9.17, 15) is 0 Å². The topological polar surface area (TPSA) is 55.4 Å². The van der Waals surface area contributed by atoms with Crippen LogP contribution in [0, 0.1) is 0 Å². The first-order valence-electron chi connectivity index (χ1n) is 11.4. The van der Waals surface area contributed by atoms with Crippen LogP contribution in [-0.2, 0) is 0 Å². The fourth-order valence-corrected chi connectivity index (χ4v) is 3.42. The maximum atomic E-state index is 5.87. The van der Waals surface area contributed by atoms with Crippen LogP contribution in [0.2, 0.25) is 0 Å². The van der Waals surface area contributed by atoms with Crippen LogP contribution >= 0.6 is 0 Å². The molecule has 0 aliphatic carbocycles. The maximum Gasteiger partial charge on any atom is 0.164 e. The molecule has 0 saturated heterocycles. The first kappa shape index (κ1) is 25.5. The minimum absolute atomic E-state index is 0.689. The van der Waals surface area contributed by atoms with Gasteiger partial charge >= 0.3 is 0 Å². The molecule has 178 valence electrons. The molecular weight excluding hydrogens is 408 g/mol. The molecule has 0 fully saturated rings. The van der Waals surface area contributed by atoms with Gasteiger partial charge in [-0.2, -0.15) is 0 Å². The molecule has 6 nitrogen and oxygen atoms in total. The number of methoxy groups -OCH3 is 4.